The van der Waals surface area contributed by atoms with Crippen LogP contribution in [0.5, 0.6) is 0 Å². The number of nitro benzene ring substituents is 1. The van der Waals surface area contributed by atoms with Crippen LogP contribution in [0.1, 0.15) is 43.6 Å². The van der Waals surface area contributed by atoms with Crippen molar-refractivity contribution in [3.63, 3.8) is 0 Å². The molecule has 7 heteroatoms. The first-order valence-corrected chi connectivity index (χ1v) is 11.5. The second kappa shape index (κ2) is 9.09. The maximum atomic E-state index is 11.3. The number of fused-ring (bicyclic) bond motifs is 1. The lowest BCUT2D eigenvalue weighted by Crippen LogP contribution is -2.16. The average Bonchev–Trinajstić information content (AvgIpc) is 3.29. The molecule has 5 rings (SSSR count). The Morgan fingerprint density at radius 1 is 0.941 bits per heavy atom. The van der Waals surface area contributed by atoms with Crippen molar-refractivity contribution in [1.82, 2.24) is 9.97 Å². The van der Waals surface area contributed by atoms with Gasteiger partial charge in [0, 0.05) is 18.1 Å². The molecular formula is C27H25N3O4. The molecule has 172 valence electrons. The van der Waals surface area contributed by atoms with E-state index in [0.29, 0.717) is 28.7 Å². The van der Waals surface area contributed by atoms with Crippen LogP contribution in [0.25, 0.3) is 33.5 Å². The van der Waals surface area contributed by atoms with E-state index in [1.165, 1.54) is 11.6 Å². The van der Waals surface area contributed by atoms with Gasteiger partial charge in [0.1, 0.15) is 11.3 Å². The average molecular weight is 456 g/mol. The lowest BCUT2D eigenvalue weighted by atomic mass is 9.77. The van der Waals surface area contributed by atoms with Gasteiger partial charge in [0.15, 0.2) is 0 Å². The molecule has 1 fully saturated rings. The fourth-order valence-electron chi connectivity index (χ4n) is 5.02. The number of aromatic amines is 1. The zero-order valence-electron chi connectivity index (χ0n) is 18.6. The minimum atomic E-state index is -0.694. The van der Waals surface area contributed by atoms with Gasteiger partial charge in [-0.25, -0.2) is 4.98 Å². The molecule has 0 unspecified atom stereocenters. The van der Waals surface area contributed by atoms with E-state index in [2.05, 4.69) is 34.2 Å². The number of imidazole rings is 1. The maximum Gasteiger partial charge on any atom is 0.303 e. The summed E-state index contributed by atoms with van der Waals surface area (Å²) in [4.78, 5) is 29.4. The summed E-state index contributed by atoms with van der Waals surface area (Å²) < 4.78 is 0. The number of carboxylic acid groups (broad SMARTS) is 1. The second-order valence-corrected chi connectivity index (χ2v) is 9.03. The smallest absolute Gasteiger partial charge is 0.303 e. The molecule has 0 radical (unpaired) electrons. The van der Waals surface area contributed by atoms with Gasteiger partial charge in [-0.1, -0.05) is 54.6 Å². The van der Waals surface area contributed by atoms with E-state index in [1.807, 2.05) is 24.3 Å². The van der Waals surface area contributed by atoms with Crippen LogP contribution in [-0.2, 0) is 4.79 Å². The summed E-state index contributed by atoms with van der Waals surface area (Å²) >= 11 is 0. The number of nitrogens with one attached hydrogen (secondary N) is 1. The summed E-state index contributed by atoms with van der Waals surface area (Å²) in [6, 6.07) is 21.5. The number of carboxylic acids is 1. The Kier molecular flexibility index (Phi) is 5.84. The Morgan fingerprint density at radius 2 is 1.56 bits per heavy atom. The SMILES string of the molecule is O=C(O)C[C@H]1CC[C@H](c2ccc(-c3ccc(-c4nc5cccc([N+](=O)[O-])c5[nH]4)cc3)cc2)CC1. The van der Waals surface area contributed by atoms with E-state index in [-0.39, 0.29) is 12.1 Å². The van der Waals surface area contributed by atoms with Gasteiger partial charge in [-0.15, -0.1) is 0 Å². The zero-order valence-corrected chi connectivity index (χ0v) is 18.6. The Balaban J connectivity index is 1.30. The first kappa shape index (κ1) is 21.8. The van der Waals surface area contributed by atoms with Crippen LogP contribution in [0.4, 0.5) is 5.69 Å². The predicted molar refractivity (Wildman–Crippen MR) is 131 cm³/mol. The molecule has 1 aliphatic rings. The molecule has 1 aliphatic carbocycles. The number of para-hydroxylation sites is 1. The summed E-state index contributed by atoms with van der Waals surface area (Å²) in [6.07, 6.45) is 4.33. The quantitative estimate of drug-likeness (QED) is 0.253. The number of carbonyl (C=O) groups is 1. The van der Waals surface area contributed by atoms with Crippen LogP contribution in [0.15, 0.2) is 66.7 Å². The molecule has 0 bridgehead atoms. The topological polar surface area (TPSA) is 109 Å². The molecule has 3 aromatic carbocycles. The number of aliphatic carboxylic acids is 1. The van der Waals surface area contributed by atoms with Crippen molar-refractivity contribution in [2.45, 2.75) is 38.0 Å². The monoisotopic (exact) mass is 455 g/mol. The summed E-state index contributed by atoms with van der Waals surface area (Å²) in [5.74, 6) is 0.716. The maximum absolute atomic E-state index is 11.3. The van der Waals surface area contributed by atoms with Crippen LogP contribution >= 0.6 is 0 Å². The normalized spacial score (nSPS) is 18.1. The lowest BCUT2D eigenvalue weighted by Gasteiger charge is -2.28. The van der Waals surface area contributed by atoms with Crippen LogP contribution in [0.2, 0.25) is 0 Å². The fourth-order valence-corrected chi connectivity index (χ4v) is 5.02. The van der Waals surface area contributed by atoms with Gasteiger partial charge in [0.2, 0.25) is 0 Å². The highest BCUT2D eigenvalue weighted by molar-refractivity contribution is 5.87. The molecule has 0 atom stereocenters. The molecule has 0 spiro atoms. The third kappa shape index (κ3) is 4.41. The summed E-state index contributed by atoms with van der Waals surface area (Å²) in [5.41, 5.74) is 5.41. The number of nitrogens with zero attached hydrogens (tertiary/aromatic N) is 2. The number of aromatic nitrogens is 2. The van der Waals surface area contributed by atoms with Crippen molar-refractivity contribution in [3.8, 4) is 22.5 Å². The Hall–Kier alpha value is -4.00. The van der Waals surface area contributed by atoms with Crippen LogP contribution < -0.4 is 0 Å². The highest BCUT2D eigenvalue weighted by Gasteiger charge is 2.24. The van der Waals surface area contributed by atoms with Gasteiger partial charge in [-0.3, -0.25) is 14.9 Å². The zero-order chi connectivity index (χ0) is 23.7. The van der Waals surface area contributed by atoms with Gasteiger partial charge in [-0.05, 0) is 60.3 Å². The van der Waals surface area contributed by atoms with E-state index in [9.17, 15) is 14.9 Å². The van der Waals surface area contributed by atoms with E-state index in [0.717, 1.165) is 42.4 Å². The molecule has 1 saturated carbocycles. The van der Waals surface area contributed by atoms with Crippen molar-refractivity contribution in [2.75, 3.05) is 0 Å². The predicted octanol–water partition coefficient (Wildman–Crippen LogP) is 6.55. The summed E-state index contributed by atoms with van der Waals surface area (Å²) in [7, 11) is 0. The number of hydrogen-bond donors (Lipinski definition) is 2. The molecule has 2 N–H and O–H groups in total. The third-order valence-corrected chi connectivity index (χ3v) is 6.88. The molecule has 0 aliphatic heterocycles. The fraction of sp³-hybridized carbons (Fsp3) is 0.259. The van der Waals surface area contributed by atoms with Gasteiger partial charge in [0.05, 0.1) is 10.4 Å². The highest BCUT2D eigenvalue weighted by Crippen LogP contribution is 2.37. The van der Waals surface area contributed by atoms with Crippen molar-refractivity contribution in [2.24, 2.45) is 5.92 Å². The number of rotatable bonds is 6. The molecule has 0 amide bonds. The molecular weight excluding hydrogens is 430 g/mol. The summed E-state index contributed by atoms with van der Waals surface area (Å²) in [6.45, 7) is 0. The third-order valence-electron chi connectivity index (χ3n) is 6.88. The second-order valence-electron chi connectivity index (χ2n) is 9.03. The van der Waals surface area contributed by atoms with Crippen molar-refractivity contribution >= 4 is 22.7 Å². The molecule has 1 aromatic heterocycles. The largest absolute Gasteiger partial charge is 0.481 e. The number of hydrogen-bond acceptors (Lipinski definition) is 4. The van der Waals surface area contributed by atoms with Crippen molar-refractivity contribution in [3.05, 3.63) is 82.4 Å². The molecule has 34 heavy (non-hydrogen) atoms. The highest BCUT2D eigenvalue weighted by atomic mass is 16.6. The van der Waals surface area contributed by atoms with Gasteiger partial charge >= 0.3 is 5.97 Å². The van der Waals surface area contributed by atoms with Crippen LogP contribution in [0, 0.1) is 16.0 Å². The molecule has 1 heterocycles. The molecule has 7 nitrogen and oxygen atoms in total. The van der Waals surface area contributed by atoms with Gasteiger partial charge in [0.25, 0.3) is 5.69 Å². The van der Waals surface area contributed by atoms with E-state index in [1.54, 1.807) is 12.1 Å². The Bertz CT molecular complexity index is 1330. The number of benzene rings is 3. The van der Waals surface area contributed by atoms with Crippen molar-refractivity contribution < 1.29 is 14.8 Å². The summed E-state index contributed by atoms with van der Waals surface area (Å²) in [5, 5.41) is 20.3. The van der Waals surface area contributed by atoms with E-state index < -0.39 is 10.9 Å². The molecule has 4 aromatic rings. The van der Waals surface area contributed by atoms with E-state index >= 15 is 0 Å². The minimum absolute atomic E-state index is 0.0170. The van der Waals surface area contributed by atoms with Gasteiger partial charge in [-0.2, -0.15) is 0 Å². The van der Waals surface area contributed by atoms with E-state index in [4.69, 9.17) is 5.11 Å². The van der Waals surface area contributed by atoms with Crippen LogP contribution in [0.3, 0.4) is 0 Å². The van der Waals surface area contributed by atoms with Crippen LogP contribution in [-0.4, -0.2) is 26.0 Å². The Morgan fingerprint density at radius 3 is 2.18 bits per heavy atom. The molecule has 0 saturated heterocycles. The Labute approximate surface area is 196 Å². The number of nitro groups is 1. The standard InChI is InChI=1S/C27H25N3O4/c31-25(32)16-17-4-6-18(7-5-17)19-8-10-20(11-9-19)21-12-14-22(15-13-21)27-28-23-2-1-3-24(30(33)34)26(23)29-27/h1-3,8-15,17-18H,4-7,16H2,(H,28,29)(H,31,32)/t17-,18-. The number of non-ortho nitro benzene ring substituents is 1. The number of H-pyrrole nitrogens is 1. The first-order chi connectivity index (χ1) is 16.5. The lowest BCUT2D eigenvalue weighted by molar-refractivity contribution is -0.383. The van der Waals surface area contributed by atoms with Crippen molar-refractivity contribution in [1.29, 1.82) is 0 Å². The van der Waals surface area contributed by atoms with Gasteiger partial charge < -0.3 is 10.1 Å². The first-order valence-electron chi connectivity index (χ1n) is 11.5. The minimum Gasteiger partial charge on any atom is -0.481 e.